The van der Waals surface area contributed by atoms with Crippen LogP contribution in [0.1, 0.15) is 29.9 Å². The molecule has 5 heteroatoms. The zero-order valence-corrected chi connectivity index (χ0v) is 9.76. The lowest BCUT2D eigenvalue weighted by atomic mass is 9.88. The minimum absolute atomic E-state index is 0.178. The summed E-state index contributed by atoms with van der Waals surface area (Å²) >= 11 is 0. The van der Waals surface area contributed by atoms with E-state index in [2.05, 4.69) is 0 Å². The summed E-state index contributed by atoms with van der Waals surface area (Å²) < 4.78 is 5.40. The molecule has 0 unspecified atom stereocenters. The number of rotatable bonds is 5. The Morgan fingerprint density at radius 3 is 2.50 bits per heavy atom. The Morgan fingerprint density at radius 1 is 1.22 bits per heavy atom. The second-order valence-corrected chi connectivity index (χ2v) is 4.32. The van der Waals surface area contributed by atoms with Crippen LogP contribution in [0.5, 0.6) is 5.75 Å². The van der Waals surface area contributed by atoms with Crippen LogP contribution >= 0.6 is 0 Å². The van der Waals surface area contributed by atoms with Gasteiger partial charge in [0.1, 0.15) is 5.75 Å². The van der Waals surface area contributed by atoms with E-state index in [1.165, 1.54) is 0 Å². The van der Waals surface area contributed by atoms with Crippen LogP contribution < -0.4 is 4.74 Å². The number of fused-ring (bicyclic) bond motifs is 1. The third-order valence-electron chi connectivity index (χ3n) is 3.06. The standard InChI is InChI=1S/C13H14O5/c14-12(15)6-8(7-13(16)17)9-2-1-3-11-10(9)4-5-18-11/h1-3,8H,4-7H2,(H,14,15)(H,16,17). The summed E-state index contributed by atoms with van der Waals surface area (Å²) in [5.41, 5.74) is 1.74. The van der Waals surface area contributed by atoms with E-state index in [4.69, 9.17) is 14.9 Å². The molecule has 2 rings (SSSR count). The number of ether oxygens (including phenoxy) is 1. The lowest BCUT2D eigenvalue weighted by Crippen LogP contribution is -2.12. The van der Waals surface area contributed by atoms with Gasteiger partial charge in [-0.25, -0.2) is 0 Å². The quantitative estimate of drug-likeness (QED) is 0.830. The van der Waals surface area contributed by atoms with E-state index < -0.39 is 17.9 Å². The van der Waals surface area contributed by atoms with Crippen LogP contribution in [-0.4, -0.2) is 28.8 Å². The zero-order valence-electron chi connectivity index (χ0n) is 9.76. The third kappa shape index (κ3) is 2.61. The normalized spacial score (nSPS) is 13.2. The molecule has 2 N–H and O–H groups in total. The summed E-state index contributed by atoms with van der Waals surface area (Å²) in [6.45, 7) is 0.569. The lowest BCUT2D eigenvalue weighted by Gasteiger charge is -2.16. The van der Waals surface area contributed by atoms with E-state index in [0.29, 0.717) is 13.0 Å². The van der Waals surface area contributed by atoms with Crippen molar-refractivity contribution in [3.8, 4) is 5.75 Å². The smallest absolute Gasteiger partial charge is 0.303 e. The molecule has 0 bridgehead atoms. The zero-order chi connectivity index (χ0) is 13.1. The highest BCUT2D eigenvalue weighted by atomic mass is 16.5. The van der Waals surface area contributed by atoms with E-state index in [9.17, 15) is 9.59 Å². The number of carboxylic acids is 2. The first-order valence-electron chi connectivity index (χ1n) is 5.76. The van der Waals surface area contributed by atoms with E-state index in [1.807, 2.05) is 6.07 Å². The minimum atomic E-state index is -0.988. The highest BCUT2D eigenvalue weighted by molar-refractivity contribution is 5.72. The van der Waals surface area contributed by atoms with Gasteiger partial charge in [0.25, 0.3) is 0 Å². The number of benzene rings is 1. The largest absolute Gasteiger partial charge is 0.493 e. The van der Waals surface area contributed by atoms with Crippen molar-refractivity contribution in [1.29, 1.82) is 0 Å². The van der Waals surface area contributed by atoms with Crippen molar-refractivity contribution >= 4 is 11.9 Å². The van der Waals surface area contributed by atoms with Gasteiger partial charge in [0.05, 0.1) is 19.4 Å². The Morgan fingerprint density at radius 2 is 1.89 bits per heavy atom. The number of hydrogen-bond donors (Lipinski definition) is 2. The van der Waals surface area contributed by atoms with E-state index in [1.54, 1.807) is 12.1 Å². The molecule has 0 fully saturated rings. The Kier molecular flexibility index (Phi) is 3.50. The van der Waals surface area contributed by atoms with E-state index in [0.717, 1.165) is 16.9 Å². The van der Waals surface area contributed by atoms with Crippen molar-refractivity contribution < 1.29 is 24.5 Å². The summed E-state index contributed by atoms with van der Waals surface area (Å²) in [5, 5.41) is 17.8. The minimum Gasteiger partial charge on any atom is -0.493 e. The highest BCUT2D eigenvalue weighted by Crippen LogP contribution is 2.35. The van der Waals surface area contributed by atoms with Crippen molar-refractivity contribution in [3.05, 3.63) is 29.3 Å². The van der Waals surface area contributed by atoms with Gasteiger partial charge in [-0.3, -0.25) is 9.59 Å². The van der Waals surface area contributed by atoms with Gasteiger partial charge in [0.2, 0.25) is 0 Å². The number of carboxylic acid groups (broad SMARTS) is 2. The van der Waals surface area contributed by atoms with Gasteiger partial charge in [0, 0.05) is 17.9 Å². The van der Waals surface area contributed by atoms with Gasteiger partial charge in [-0.05, 0) is 11.6 Å². The van der Waals surface area contributed by atoms with E-state index in [-0.39, 0.29) is 12.8 Å². The molecule has 0 atom stereocenters. The Labute approximate surface area is 104 Å². The van der Waals surface area contributed by atoms with Crippen LogP contribution in [0.4, 0.5) is 0 Å². The van der Waals surface area contributed by atoms with Crippen LogP contribution in [0.2, 0.25) is 0 Å². The monoisotopic (exact) mass is 250 g/mol. The van der Waals surface area contributed by atoms with E-state index >= 15 is 0 Å². The average Bonchev–Trinajstić information content (AvgIpc) is 2.74. The van der Waals surface area contributed by atoms with Gasteiger partial charge < -0.3 is 14.9 Å². The fourth-order valence-corrected chi connectivity index (χ4v) is 2.34. The maximum atomic E-state index is 10.8. The number of hydrogen-bond acceptors (Lipinski definition) is 3. The second-order valence-electron chi connectivity index (χ2n) is 4.32. The summed E-state index contributed by atoms with van der Waals surface area (Å²) in [6, 6.07) is 5.39. The number of carbonyl (C=O) groups is 2. The van der Waals surface area contributed by atoms with Crippen LogP contribution in [0.25, 0.3) is 0 Å². The van der Waals surface area contributed by atoms with Crippen LogP contribution in [0, 0.1) is 0 Å². The molecule has 0 radical (unpaired) electrons. The number of aliphatic carboxylic acids is 2. The van der Waals surface area contributed by atoms with Gasteiger partial charge >= 0.3 is 11.9 Å². The molecular formula is C13H14O5. The molecule has 96 valence electrons. The van der Waals surface area contributed by atoms with Crippen LogP contribution in [0.15, 0.2) is 18.2 Å². The van der Waals surface area contributed by atoms with Crippen LogP contribution in [-0.2, 0) is 16.0 Å². The topological polar surface area (TPSA) is 83.8 Å². The fraction of sp³-hybridized carbons (Fsp3) is 0.385. The summed E-state index contributed by atoms with van der Waals surface area (Å²) in [6.07, 6.45) is 0.354. The van der Waals surface area contributed by atoms with Gasteiger partial charge in [0.15, 0.2) is 0 Å². The van der Waals surface area contributed by atoms with Crippen molar-refractivity contribution in [2.24, 2.45) is 0 Å². The molecule has 1 aliphatic rings. The van der Waals surface area contributed by atoms with Crippen molar-refractivity contribution in [1.82, 2.24) is 0 Å². The fourth-order valence-electron chi connectivity index (χ4n) is 2.34. The molecule has 0 saturated heterocycles. The van der Waals surface area contributed by atoms with Crippen LogP contribution in [0.3, 0.4) is 0 Å². The first kappa shape index (κ1) is 12.4. The second kappa shape index (κ2) is 5.08. The third-order valence-corrected chi connectivity index (χ3v) is 3.06. The molecule has 1 heterocycles. The Bertz CT molecular complexity index is 464. The molecule has 1 aromatic rings. The Balaban J connectivity index is 2.32. The van der Waals surface area contributed by atoms with Gasteiger partial charge in [-0.1, -0.05) is 12.1 Å². The van der Waals surface area contributed by atoms with Crippen molar-refractivity contribution in [2.75, 3.05) is 6.61 Å². The lowest BCUT2D eigenvalue weighted by molar-refractivity contribution is -0.139. The predicted molar refractivity (Wildman–Crippen MR) is 62.9 cm³/mol. The van der Waals surface area contributed by atoms with Crippen molar-refractivity contribution in [3.63, 3.8) is 0 Å². The maximum absolute atomic E-state index is 10.8. The molecular weight excluding hydrogens is 236 g/mol. The van der Waals surface area contributed by atoms with Gasteiger partial charge in [-0.2, -0.15) is 0 Å². The molecule has 1 aliphatic heterocycles. The first-order chi connectivity index (χ1) is 8.58. The summed E-state index contributed by atoms with van der Waals surface area (Å²) in [7, 11) is 0. The molecule has 0 amide bonds. The Hall–Kier alpha value is -2.04. The highest BCUT2D eigenvalue weighted by Gasteiger charge is 2.25. The first-order valence-corrected chi connectivity index (χ1v) is 5.76. The predicted octanol–water partition coefficient (Wildman–Crippen LogP) is 1.65. The maximum Gasteiger partial charge on any atom is 0.303 e. The molecule has 1 aromatic carbocycles. The molecule has 0 saturated carbocycles. The average molecular weight is 250 g/mol. The molecule has 0 spiro atoms. The summed E-state index contributed by atoms with van der Waals surface area (Å²) in [5.74, 6) is -1.74. The molecule has 0 aromatic heterocycles. The SMILES string of the molecule is O=C(O)CC(CC(=O)O)c1cccc2c1CCO2. The van der Waals surface area contributed by atoms with Gasteiger partial charge in [-0.15, -0.1) is 0 Å². The summed E-state index contributed by atoms with van der Waals surface area (Å²) in [4.78, 5) is 21.7. The molecule has 5 nitrogen and oxygen atoms in total. The van der Waals surface area contributed by atoms with Crippen molar-refractivity contribution in [2.45, 2.75) is 25.2 Å². The molecule has 0 aliphatic carbocycles. The molecule has 18 heavy (non-hydrogen) atoms.